The number of nitrogens with zero attached hydrogens (tertiary/aromatic N) is 2. The molecule has 0 saturated heterocycles. The molecule has 2 rings (SSSR count). The molecule has 0 aliphatic carbocycles. The molecule has 0 unspecified atom stereocenters. The molecular formula is C10H10FN3OS. The van der Waals surface area contributed by atoms with Crippen LogP contribution in [0.2, 0.25) is 0 Å². The minimum Gasteiger partial charge on any atom is -0.396 e. The summed E-state index contributed by atoms with van der Waals surface area (Å²) >= 11 is 1.58. The number of thioether (sulfide) groups is 1. The average Bonchev–Trinajstić information content (AvgIpc) is 2.71. The van der Waals surface area contributed by atoms with Gasteiger partial charge >= 0.3 is 0 Å². The third kappa shape index (κ3) is 2.01. The van der Waals surface area contributed by atoms with Gasteiger partial charge in [0.1, 0.15) is 5.82 Å². The minimum atomic E-state index is -0.484. The third-order valence-electron chi connectivity index (χ3n) is 2.02. The molecular weight excluding hydrogens is 229 g/mol. The quantitative estimate of drug-likeness (QED) is 0.833. The third-order valence-corrected chi connectivity index (χ3v) is 2.57. The second-order valence-electron chi connectivity index (χ2n) is 3.15. The zero-order valence-electron chi connectivity index (χ0n) is 8.61. The summed E-state index contributed by atoms with van der Waals surface area (Å²) in [5.74, 6) is 0.993. The van der Waals surface area contributed by atoms with Gasteiger partial charge in [-0.1, -0.05) is 11.2 Å². The summed E-state index contributed by atoms with van der Waals surface area (Å²) in [4.78, 5) is 4.13. The van der Waals surface area contributed by atoms with E-state index in [1.165, 1.54) is 6.07 Å². The SMILES string of the molecule is CSCc1noc(-c2cccc(F)c2N)n1. The van der Waals surface area contributed by atoms with Crippen LogP contribution in [0.25, 0.3) is 11.5 Å². The van der Waals surface area contributed by atoms with E-state index >= 15 is 0 Å². The van der Waals surface area contributed by atoms with Gasteiger partial charge in [-0.15, -0.1) is 0 Å². The Hall–Kier alpha value is -1.56. The van der Waals surface area contributed by atoms with Crippen LogP contribution in [0.15, 0.2) is 22.7 Å². The van der Waals surface area contributed by atoms with Gasteiger partial charge in [0.15, 0.2) is 5.82 Å². The number of halogens is 1. The Balaban J connectivity index is 2.39. The summed E-state index contributed by atoms with van der Waals surface area (Å²) in [5.41, 5.74) is 6.05. The zero-order chi connectivity index (χ0) is 11.5. The van der Waals surface area contributed by atoms with Crippen LogP contribution in [0, 0.1) is 5.82 Å². The van der Waals surface area contributed by atoms with Crippen molar-refractivity contribution in [2.75, 3.05) is 12.0 Å². The predicted octanol–water partition coefficient (Wildman–Crippen LogP) is 2.32. The topological polar surface area (TPSA) is 64.9 Å². The lowest BCUT2D eigenvalue weighted by Crippen LogP contribution is -1.94. The smallest absolute Gasteiger partial charge is 0.260 e. The summed E-state index contributed by atoms with van der Waals surface area (Å²) in [6.07, 6.45) is 1.94. The highest BCUT2D eigenvalue weighted by atomic mass is 32.2. The number of benzene rings is 1. The first-order valence-electron chi connectivity index (χ1n) is 4.58. The number of rotatable bonds is 3. The number of nitrogens with two attached hydrogens (primary N) is 1. The van der Waals surface area contributed by atoms with E-state index in [0.29, 0.717) is 17.1 Å². The Bertz CT molecular complexity index is 501. The van der Waals surface area contributed by atoms with Crippen molar-refractivity contribution in [3.8, 4) is 11.5 Å². The number of para-hydroxylation sites is 1. The molecule has 0 spiro atoms. The largest absolute Gasteiger partial charge is 0.396 e. The molecule has 0 atom stereocenters. The molecule has 0 saturated carbocycles. The second-order valence-corrected chi connectivity index (χ2v) is 4.02. The van der Waals surface area contributed by atoms with Crippen molar-refractivity contribution >= 4 is 17.4 Å². The van der Waals surface area contributed by atoms with Crippen LogP contribution in [-0.2, 0) is 5.75 Å². The number of nitrogen functional groups attached to an aromatic ring is 1. The van der Waals surface area contributed by atoms with E-state index < -0.39 is 5.82 Å². The summed E-state index contributed by atoms with van der Waals surface area (Å²) in [6, 6.07) is 4.49. The molecule has 16 heavy (non-hydrogen) atoms. The van der Waals surface area contributed by atoms with Crippen molar-refractivity contribution in [2.45, 2.75) is 5.75 Å². The van der Waals surface area contributed by atoms with E-state index in [2.05, 4.69) is 10.1 Å². The maximum absolute atomic E-state index is 13.2. The Kier molecular flexibility index (Phi) is 3.09. The molecule has 6 heteroatoms. The molecule has 0 fully saturated rings. The average molecular weight is 239 g/mol. The van der Waals surface area contributed by atoms with Crippen molar-refractivity contribution in [2.24, 2.45) is 0 Å². The van der Waals surface area contributed by atoms with Crippen molar-refractivity contribution in [1.29, 1.82) is 0 Å². The first-order chi connectivity index (χ1) is 7.72. The maximum Gasteiger partial charge on any atom is 0.260 e. The molecule has 1 aromatic carbocycles. The molecule has 0 amide bonds. The van der Waals surface area contributed by atoms with E-state index in [0.717, 1.165) is 0 Å². The monoisotopic (exact) mass is 239 g/mol. The number of hydrogen-bond acceptors (Lipinski definition) is 5. The van der Waals surface area contributed by atoms with Crippen LogP contribution in [0.1, 0.15) is 5.82 Å². The van der Waals surface area contributed by atoms with Gasteiger partial charge in [0, 0.05) is 0 Å². The number of aromatic nitrogens is 2. The number of hydrogen-bond donors (Lipinski definition) is 1. The van der Waals surface area contributed by atoms with Crippen molar-refractivity contribution in [1.82, 2.24) is 10.1 Å². The van der Waals surface area contributed by atoms with Gasteiger partial charge in [-0.3, -0.25) is 0 Å². The van der Waals surface area contributed by atoms with E-state index in [1.54, 1.807) is 23.9 Å². The first kappa shape index (κ1) is 10.9. The fourth-order valence-corrected chi connectivity index (χ4v) is 1.65. The van der Waals surface area contributed by atoms with Crippen molar-refractivity contribution in [3.63, 3.8) is 0 Å². The maximum atomic E-state index is 13.2. The van der Waals surface area contributed by atoms with Gasteiger partial charge in [-0.05, 0) is 18.4 Å². The Labute approximate surface area is 96.0 Å². The molecule has 2 N–H and O–H groups in total. The molecule has 0 aliphatic heterocycles. The Morgan fingerprint density at radius 3 is 3.06 bits per heavy atom. The molecule has 84 valence electrons. The van der Waals surface area contributed by atoms with Crippen LogP contribution < -0.4 is 5.73 Å². The second kappa shape index (κ2) is 4.52. The lowest BCUT2D eigenvalue weighted by Gasteiger charge is -2.00. The summed E-state index contributed by atoms with van der Waals surface area (Å²) in [5, 5.41) is 3.77. The highest BCUT2D eigenvalue weighted by Gasteiger charge is 2.13. The lowest BCUT2D eigenvalue weighted by molar-refractivity contribution is 0.425. The normalized spacial score (nSPS) is 10.6. The van der Waals surface area contributed by atoms with Gasteiger partial charge in [0.05, 0.1) is 17.0 Å². The Morgan fingerprint density at radius 1 is 1.50 bits per heavy atom. The molecule has 4 nitrogen and oxygen atoms in total. The van der Waals surface area contributed by atoms with E-state index in [9.17, 15) is 4.39 Å². The fourth-order valence-electron chi connectivity index (χ4n) is 1.27. The van der Waals surface area contributed by atoms with Crippen LogP contribution in [0.5, 0.6) is 0 Å². The van der Waals surface area contributed by atoms with Gasteiger partial charge in [0.25, 0.3) is 5.89 Å². The van der Waals surface area contributed by atoms with E-state index in [1.807, 2.05) is 6.26 Å². The van der Waals surface area contributed by atoms with Crippen molar-refractivity contribution < 1.29 is 8.91 Å². The molecule has 1 aromatic heterocycles. The van der Waals surface area contributed by atoms with Crippen molar-refractivity contribution in [3.05, 3.63) is 29.8 Å². The van der Waals surface area contributed by atoms with Gasteiger partial charge < -0.3 is 10.3 Å². The number of anilines is 1. The van der Waals surface area contributed by atoms with Gasteiger partial charge in [-0.25, -0.2) is 4.39 Å². The molecule has 1 heterocycles. The summed E-state index contributed by atoms with van der Waals surface area (Å²) in [7, 11) is 0. The minimum absolute atomic E-state index is 0.0295. The molecule has 0 aliphatic rings. The van der Waals surface area contributed by atoms with Gasteiger partial charge in [0.2, 0.25) is 0 Å². The molecule has 0 bridgehead atoms. The van der Waals surface area contributed by atoms with Crippen LogP contribution >= 0.6 is 11.8 Å². The highest BCUT2D eigenvalue weighted by molar-refractivity contribution is 7.97. The standard InChI is InChI=1S/C10H10FN3OS/c1-16-5-8-13-10(15-14-8)6-3-2-4-7(11)9(6)12/h2-4H,5,12H2,1H3. The first-order valence-corrected chi connectivity index (χ1v) is 5.97. The summed E-state index contributed by atoms with van der Waals surface area (Å²) < 4.78 is 18.2. The molecule has 0 radical (unpaired) electrons. The van der Waals surface area contributed by atoms with Crippen LogP contribution in [-0.4, -0.2) is 16.4 Å². The van der Waals surface area contributed by atoms with Crippen LogP contribution in [0.3, 0.4) is 0 Å². The van der Waals surface area contributed by atoms with E-state index in [-0.39, 0.29) is 11.6 Å². The fraction of sp³-hybridized carbons (Fsp3) is 0.200. The zero-order valence-corrected chi connectivity index (χ0v) is 9.42. The van der Waals surface area contributed by atoms with Gasteiger partial charge in [-0.2, -0.15) is 16.7 Å². The lowest BCUT2D eigenvalue weighted by atomic mass is 10.2. The predicted molar refractivity (Wildman–Crippen MR) is 61.3 cm³/mol. The molecule has 2 aromatic rings. The highest BCUT2D eigenvalue weighted by Crippen LogP contribution is 2.26. The summed E-state index contributed by atoms with van der Waals surface area (Å²) in [6.45, 7) is 0. The van der Waals surface area contributed by atoms with E-state index in [4.69, 9.17) is 10.3 Å². The van der Waals surface area contributed by atoms with Crippen LogP contribution in [0.4, 0.5) is 10.1 Å². The Morgan fingerprint density at radius 2 is 2.31 bits per heavy atom.